The third-order valence-corrected chi connectivity index (χ3v) is 3.40. The fourth-order valence-electron chi connectivity index (χ4n) is 2.35. The summed E-state index contributed by atoms with van der Waals surface area (Å²) in [6.07, 6.45) is 1.09. The molecule has 0 amide bonds. The normalized spacial score (nSPS) is 19.7. The van der Waals surface area contributed by atoms with Gasteiger partial charge in [-0.15, -0.1) is 0 Å². The Kier molecular flexibility index (Phi) is 4.20. The number of carbonyl (C=O) groups excluding carboxylic acids is 1. The van der Waals surface area contributed by atoms with Crippen LogP contribution in [0.2, 0.25) is 0 Å². The minimum Gasteiger partial charge on any atom is -0.465 e. The van der Waals surface area contributed by atoms with E-state index in [4.69, 9.17) is 4.74 Å². The molecule has 1 aliphatic heterocycles. The number of esters is 1. The molecule has 18 heavy (non-hydrogen) atoms. The molecule has 4 nitrogen and oxygen atoms in total. The first-order chi connectivity index (χ1) is 8.76. The van der Waals surface area contributed by atoms with Crippen molar-refractivity contribution in [1.29, 1.82) is 0 Å². The lowest BCUT2D eigenvalue weighted by atomic mass is 10.1. The third kappa shape index (κ3) is 2.64. The van der Waals surface area contributed by atoms with Gasteiger partial charge in [-0.2, -0.15) is 0 Å². The first kappa shape index (κ1) is 12.9. The number of hydrogen-bond acceptors (Lipinski definition) is 4. The van der Waals surface area contributed by atoms with Crippen LogP contribution in [0, 0.1) is 0 Å². The SMILES string of the molecule is CCC1CN(c2ccccc2C(=O)OC)CCN1. The zero-order chi connectivity index (χ0) is 13.0. The number of benzene rings is 1. The van der Waals surface area contributed by atoms with Crippen LogP contribution < -0.4 is 10.2 Å². The number of nitrogens with one attached hydrogen (secondary N) is 1. The van der Waals surface area contributed by atoms with Crippen LogP contribution in [-0.2, 0) is 4.74 Å². The van der Waals surface area contributed by atoms with Crippen molar-refractivity contribution in [2.45, 2.75) is 19.4 Å². The summed E-state index contributed by atoms with van der Waals surface area (Å²) in [7, 11) is 1.42. The number of hydrogen-bond donors (Lipinski definition) is 1. The topological polar surface area (TPSA) is 41.6 Å². The van der Waals surface area contributed by atoms with Crippen molar-refractivity contribution in [3.05, 3.63) is 29.8 Å². The second kappa shape index (κ2) is 5.87. The second-order valence-electron chi connectivity index (χ2n) is 4.51. The van der Waals surface area contributed by atoms with Gasteiger partial charge in [0, 0.05) is 25.7 Å². The van der Waals surface area contributed by atoms with Crippen molar-refractivity contribution in [2.75, 3.05) is 31.6 Å². The molecular weight excluding hydrogens is 228 g/mol. The van der Waals surface area contributed by atoms with Crippen LogP contribution in [0.25, 0.3) is 0 Å². The van der Waals surface area contributed by atoms with Gasteiger partial charge in [0.2, 0.25) is 0 Å². The minimum atomic E-state index is -0.266. The highest BCUT2D eigenvalue weighted by Crippen LogP contribution is 2.22. The maximum atomic E-state index is 11.8. The summed E-state index contributed by atoms with van der Waals surface area (Å²) < 4.78 is 4.84. The van der Waals surface area contributed by atoms with E-state index in [-0.39, 0.29) is 5.97 Å². The first-order valence-corrected chi connectivity index (χ1v) is 6.42. The number of carbonyl (C=O) groups is 1. The molecule has 2 rings (SSSR count). The lowest BCUT2D eigenvalue weighted by Gasteiger charge is -2.35. The maximum Gasteiger partial charge on any atom is 0.339 e. The first-order valence-electron chi connectivity index (χ1n) is 6.42. The van der Waals surface area contributed by atoms with Gasteiger partial charge in [-0.3, -0.25) is 0 Å². The highest BCUT2D eigenvalue weighted by Gasteiger charge is 2.22. The summed E-state index contributed by atoms with van der Waals surface area (Å²) in [5, 5.41) is 3.47. The average molecular weight is 248 g/mol. The lowest BCUT2D eigenvalue weighted by molar-refractivity contribution is 0.0601. The van der Waals surface area contributed by atoms with E-state index in [0.29, 0.717) is 11.6 Å². The van der Waals surface area contributed by atoms with Crippen LogP contribution in [0.3, 0.4) is 0 Å². The van der Waals surface area contributed by atoms with E-state index in [9.17, 15) is 4.79 Å². The fraction of sp³-hybridized carbons (Fsp3) is 0.500. The summed E-state index contributed by atoms with van der Waals surface area (Å²) in [6, 6.07) is 8.14. The summed E-state index contributed by atoms with van der Waals surface area (Å²) in [6.45, 7) is 4.98. The van der Waals surface area contributed by atoms with Gasteiger partial charge in [-0.25, -0.2) is 4.79 Å². The van der Waals surface area contributed by atoms with Crippen LogP contribution in [0.15, 0.2) is 24.3 Å². The summed E-state index contributed by atoms with van der Waals surface area (Å²) >= 11 is 0. The molecule has 1 saturated heterocycles. The molecule has 1 aromatic rings. The molecule has 1 unspecified atom stereocenters. The molecular formula is C14H20N2O2. The van der Waals surface area contributed by atoms with E-state index < -0.39 is 0 Å². The van der Waals surface area contributed by atoms with Crippen LogP contribution in [0.1, 0.15) is 23.7 Å². The predicted molar refractivity (Wildman–Crippen MR) is 72.1 cm³/mol. The molecule has 1 N–H and O–H groups in total. The molecule has 0 radical (unpaired) electrons. The van der Waals surface area contributed by atoms with Crippen molar-refractivity contribution in [2.24, 2.45) is 0 Å². The maximum absolute atomic E-state index is 11.8. The molecule has 0 aliphatic carbocycles. The predicted octanol–water partition coefficient (Wildman–Crippen LogP) is 1.66. The number of piperazine rings is 1. The van der Waals surface area contributed by atoms with E-state index in [2.05, 4.69) is 17.1 Å². The van der Waals surface area contributed by atoms with Crippen molar-refractivity contribution < 1.29 is 9.53 Å². The Morgan fingerprint density at radius 1 is 1.50 bits per heavy atom. The lowest BCUT2D eigenvalue weighted by Crippen LogP contribution is -2.50. The van der Waals surface area contributed by atoms with Crippen LogP contribution in [0.4, 0.5) is 5.69 Å². The fourth-order valence-corrected chi connectivity index (χ4v) is 2.35. The number of nitrogens with zero attached hydrogens (tertiary/aromatic N) is 1. The number of anilines is 1. The molecule has 1 aliphatic rings. The smallest absolute Gasteiger partial charge is 0.339 e. The highest BCUT2D eigenvalue weighted by molar-refractivity contribution is 5.95. The van der Waals surface area contributed by atoms with Crippen molar-refractivity contribution in [3.8, 4) is 0 Å². The van der Waals surface area contributed by atoms with Gasteiger partial charge in [0.1, 0.15) is 0 Å². The molecule has 4 heteroatoms. The Balaban J connectivity index is 2.24. The summed E-state index contributed by atoms with van der Waals surface area (Å²) in [4.78, 5) is 14.0. The van der Waals surface area contributed by atoms with Crippen LogP contribution in [-0.4, -0.2) is 38.8 Å². The van der Waals surface area contributed by atoms with E-state index >= 15 is 0 Å². The second-order valence-corrected chi connectivity index (χ2v) is 4.51. The van der Waals surface area contributed by atoms with Gasteiger partial charge in [0.05, 0.1) is 18.4 Å². The number of ether oxygens (including phenoxy) is 1. The zero-order valence-corrected chi connectivity index (χ0v) is 11.0. The Bertz CT molecular complexity index is 420. The van der Waals surface area contributed by atoms with Gasteiger partial charge in [-0.1, -0.05) is 19.1 Å². The molecule has 1 heterocycles. The summed E-state index contributed by atoms with van der Waals surface area (Å²) in [5.41, 5.74) is 1.63. The molecule has 1 fully saturated rings. The molecule has 0 spiro atoms. The van der Waals surface area contributed by atoms with E-state index in [1.165, 1.54) is 7.11 Å². The Morgan fingerprint density at radius 2 is 2.28 bits per heavy atom. The Hall–Kier alpha value is -1.55. The standard InChI is InChI=1S/C14H20N2O2/c1-3-11-10-16(9-8-15-11)13-7-5-4-6-12(13)14(17)18-2/h4-7,11,15H,3,8-10H2,1-2H3. The van der Waals surface area contributed by atoms with Gasteiger partial charge >= 0.3 is 5.97 Å². The van der Waals surface area contributed by atoms with E-state index in [1.54, 1.807) is 0 Å². The van der Waals surface area contributed by atoms with Gasteiger partial charge in [0.15, 0.2) is 0 Å². The third-order valence-electron chi connectivity index (χ3n) is 3.40. The quantitative estimate of drug-likeness (QED) is 0.826. The molecule has 1 aromatic carbocycles. The molecule has 1 atom stereocenters. The number of methoxy groups -OCH3 is 1. The van der Waals surface area contributed by atoms with Gasteiger partial charge < -0.3 is 15.0 Å². The van der Waals surface area contributed by atoms with Crippen molar-refractivity contribution in [3.63, 3.8) is 0 Å². The zero-order valence-electron chi connectivity index (χ0n) is 11.0. The van der Waals surface area contributed by atoms with Crippen molar-refractivity contribution in [1.82, 2.24) is 5.32 Å². The monoisotopic (exact) mass is 248 g/mol. The van der Waals surface area contributed by atoms with Gasteiger partial charge in [0.25, 0.3) is 0 Å². The summed E-state index contributed by atoms with van der Waals surface area (Å²) in [5.74, 6) is -0.266. The Labute approximate surface area is 108 Å². The minimum absolute atomic E-state index is 0.266. The average Bonchev–Trinajstić information content (AvgIpc) is 2.46. The van der Waals surface area contributed by atoms with Crippen LogP contribution in [0.5, 0.6) is 0 Å². The molecule has 0 saturated carbocycles. The highest BCUT2D eigenvalue weighted by atomic mass is 16.5. The molecule has 98 valence electrons. The van der Waals surface area contributed by atoms with E-state index in [1.807, 2.05) is 24.3 Å². The molecule has 0 aromatic heterocycles. The van der Waals surface area contributed by atoms with E-state index in [0.717, 1.165) is 31.7 Å². The van der Waals surface area contributed by atoms with Gasteiger partial charge in [-0.05, 0) is 18.6 Å². The number of rotatable bonds is 3. The Morgan fingerprint density at radius 3 is 3.00 bits per heavy atom. The van der Waals surface area contributed by atoms with Crippen LogP contribution >= 0.6 is 0 Å². The number of para-hydroxylation sites is 1. The largest absolute Gasteiger partial charge is 0.465 e. The van der Waals surface area contributed by atoms with Crippen molar-refractivity contribution >= 4 is 11.7 Å². The molecule has 0 bridgehead atoms.